The van der Waals surface area contributed by atoms with Gasteiger partial charge in [0.2, 0.25) is 0 Å². The van der Waals surface area contributed by atoms with E-state index in [2.05, 4.69) is 15.2 Å². The van der Waals surface area contributed by atoms with E-state index in [0.717, 1.165) is 12.2 Å². The van der Waals surface area contributed by atoms with Crippen LogP contribution in [0.4, 0.5) is 5.69 Å². The lowest BCUT2D eigenvalue weighted by atomic mass is 10.0. The highest BCUT2D eigenvalue weighted by molar-refractivity contribution is 6.33. The second-order valence-electron chi connectivity index (χ2n) is 6.86. The van der Waals surface area contributed by atoms with Crippen LogP contribution in [-0.4, -0.2) is 25.1 Å². The topological polar surface area (TPSA) is 108 Å². The molecule has 0 amide bonds. The van der Waals surface area contributed by atoms with Crippen molar-refractivity contribution in [1.29, 1.82) is 0 Å². The standard InChI is InChI=1S/C22H14ClN5O3/c1-2-12-7-8-19(31-12)17-11-24-20-14(21(26-17)13-5-3-4-6-16(13)23)9-18(28(29)30)22-15(20)10-25-27-22/h3-11H,2H2,1H3. The summed E-state index contributed by atoms with van der Waals surface area (Å²) in [4.78, 5) is 20.6. The van der Waals surface area contributed by atoms with E-state index < -0.39 is 4.92 Å². The molecule has 0 atom stereocenters. The number of benzene rings is 2. The van der Waals surface area contributed by atoms with Crippen molar-refractivity contribution in [2.24, 2.45) is 0 Å². The molecule has 31 heavy (non-hydrogen) atoms. The molecular formula is C22H14ClN5O3. The highest BCUT2D eigenvalue weighted by Crippen LogP contribution is 2.38. The van der Waals surface area contributed by atoms with Gasteiger partial charge in [-0.25, -0.2) is 4.98 Å². The minimum absolute atomic E-state index is 0.170. The van der Waals surface area contributed by atoms with Gasteiger partial charge >= 0.3 is 0 Å². The van der Waals surface area contributed by atoms with Crippen molar-refractivity contribution in [3.63, 3.8) is 0 Å². The van der Waals surface area contributed by atoms with Gasteiger partial charge in [0.25, 0.3) is 5.69 Å². The molecule has 0 fully saturated rings. The number of hydrogen-bond donors (Lipinski definition) is 0. The highest BCUT2D eigenvalue weighted by Gasteiger charge is 2.22. The summed E-state index contributed by atoms with van der Waals surface area (Å²) >= 11 is 6.48. The van der Waals surface area contributed by atoms with Crippen LogP contribution in [0.3, 0.4) is 0 Å². The summed E-state index contributed by atoms with van der Waals surface area (Å²) in [6, 6.07) is 12.3. The molecule has 0 aliphatic heterocycles. The van der Waals surface area contributed by atoms with Crippen LogP contribution in [0.25, 0.3) is 44.5 Å². The van der Waals surface area contributed by atoms with Gasteiger partial charge in [-0.3, -0.25) is 15.1 Å². The number of rotatable bonds is 4. The third-order valence-corrected chi connectivity index (χ3v) is 5.35. The first-order valence-corrected chi connectivity index (χ1v) is 9.88. The number of nitro benzene ring substituents is 1. The van der Waals surface area contributed by atoms with Crippen molar-refractivity contribution in [2.75, 3.05) is 0 Å². The summed E-state index contributed by atoms with van der Waals surface area (Å²) < 4.78 is 5.87. The van der Waals surface area contributed by atoms with Crippen LogP contribution >= 0.6 is 11.6 Å². The van der Waals surface area contributed by atoms with Crippen LogP contribution in [0.1, 0.15) is 12.7 Å². The zero-order chi connectivity index (χ0) is 21.5. The Hall–Kier alpha value is -3.91. The van der Waals surface area contributed by atoms with Crippen molar-refractivity contribution in [1.82, 2.24) is 20.2 Å². The minimum Gasteiger partial charge on any atom is -0.459 e. The second-order valence-corrected chi connectivity index (χ2v) is 7.27. The van der Waals surface area contributed by atoms with E-state index in [9.17, 15) is 10.1 Å². The van der Waals surface area contributed by atoms with Gasteiger partial charge in [-0.05, 0) is 18.2 Å². The Morgan fingerprint density at radius 3 is 2.68 bits per heavy atom. The van der Waals surface area contributed by atoms with Gasteiger partial charge in [-0.15, -0.1) is 5.10 Å². The minimum atomic E-state index is -0.485. The largest absolute Gasteiger partial charge is 0.459 e. The molecule has 8 nitrogen and oxygen atoms in total. The lowest BCUT2D eigenvalue weighted by molar-refractivity contribution is -0.383. The average molecular weight is 432 g/mol. The van der Waals surface area contributed by atoms with E-state index in [1.807, 2.05) is 37.3 Å². The molecule has 5 aromatic rings. The molecule has 152 valence electrons. The van der Waals surface area contributed by atoms with Crippen molar-refractivity contribution >= 4 is 39.1 Å². The van der Waals surface area contributed by atoms with Crippen molar-refractivity contribution in [3.8, 4) is 22.7 Å². The van der Waals surface area contributed by atoms with Crippen LogP contribution in [0.15, 0.2) is 59.3 Å². The summed E-state index contributed by atoms with van der Waals surface area (Å²) in [6.07, 6.45) is 3.79. The van der Waals surface area contributed by atoms with Gasteiger partial charge in [-0.1, -0.05) is 36.7 Å². The molecule has 0 N–H and O–H groups in total. The van der Waals surface area contributed by atoms with Gasteiger partial charge in [0.05, 0.1) is 33.9 Å². The summed E-state index contributed by atoms with van der Waals surface area (Å²) in [6.45, 7) is 1.99. The second kappa shape index (κ2) is 7.41. The fourth-order valence-electron chi connectivity index (χ4n) is 3.52. The number of non-ortho nitro benzene ring substituents is 1. The van der Waals surface area contributed by atoms with E-state index >= 15 is 0 Å². The Balaban J connectivity index is 1.94. The SMILES string of the molecule is CCc1ccc(-c2cnc3c(cc([N+](=O)[O-])c4nncc43)c(-c3ccccc3Cl)n2)o1. The first-order valence-electron chi connectivity index (χ1n) is 9.50. The molecule has 2 aromatic carbocycles. The smallest absolute Gasteiger partial charge is 0.298 e. The zero-order valence-corrected chi connectivity index (χ0v) is 17.0. The van der Waals surface area contributed by atoms with Crippen LogP contribution in [-0.2, 0) is 6.42 Å². The Labute approximate surface area is 180 Å². The van der Waals surface area contributed by atoms with Crippen molar-refractivity contribution in [3.05, 3.63) is 75.8 Å². The predicted octanol–water partition coefficient (Wildman–Crippen LogP) is 5.62. The third-order valence-electron chi connectivity index (χ3n) is 5.03. The Kier molecular flexibility index (Phi) is 4.56. The summed E-state index contributed by atoms with van der Waals surface area (Å²) in [5.74, 6) is 1.36. The molecule has 0 unspecified atom stereocenters. The van der Waals surface area contributed by atoms with E-state index in [-0.39, 0.29) is 11.2 Å². The quantitative estimate of drug-likeness (QED) is 0.268. The fourth-order valence-corrected chi connectivity index (χ4v) is 3.74. The van der Waals surface area contributed by atoms with Gasteiger partial charge < -0.3 is 4.42 Å². The third kappa shape index (κ3) is 3.17. The first kappa shape index (κ1) is 19.1. The van der Waals surface area contributed by atoms with Gasteiger partial charge in [0, 0.05) is 28.5 Å². The Morgan fingerprint density at radius 1 is 1.10 bits per heavy atom. The van der Waals surface area contributed by atoms with Gasteiger partial charge in [-0.2, -0.15) is 5.10 Å². The summed E-state index contributed by atoms with van der Waals surface area (Å²) in [5, 5.41) is 20.9. The zero-order valence-electron chi connectivity index (χ0n) is 16.2. The summed E-state index contributed by atoms with van der Waals surface area (Å²) in [7, 11) is 0. The molecule has 0 radical (unpaired) electrons. The van der Waals surface area contributed by atoms with Crippen LogP contribution < -0.4 is 0 Å². The molecule has 0 spiro atoms. The molecule has 3 heterocycles. The Bertz CT molecular complexity index is 1480. The van der Waals surface area contributed by atoms with E-state index in [1.54, 1.807) is 12.3 Å². The van der Waals surface area contributed by atoms with Crippen molar-refractivity contribution in [2.45, 2.75) is 13.3 Å². The first-order chi connectivity index (χ1) is 15.1. The predicted molar refractivity (Wildman–Crippen MR) is 117 cm³/mol. The molecule has 0 aliphatic carbocycles. The number of nitrogens with zero attached hydrogens (tertiary/aromatic N) is 5. The maximum Gasteiger partial charge on any atom is 0.298 e. The number of fused-ring (bicyclic) bond motifs is 3. The lowest BCUT2D eigenvalue weighted by Crippen LogP contribution is -1.92. The highest BCUT2D eigenvalue weighted by atomic mass is 35.5. The van der Waals surface area contributed by atoms with Gasteiger partial charge in [0.1, 0.15) is 11.5 Å². The monoisotopic (exact) mass is 431 g/mol. The number of halogens is 1. The molecule has 0 saturated heterocycles. The average Bonchev–Trinajstić information content (AvgIpc) is 3.40. The van der Waals surface area contributed by atoms with E-state index in [0.29, 0.717) is 44.0 Å². The van der Waals surface area contributed by atoms with E-state index in [4.69, 9.17) is 21.0 Å². The molecule has 0 bridgehead atoms. The lowest BCUT2D eigenvalue weighted by Gasteiger charge is -2.05. The molecule has 9 heteroatoms. The number of aryl methyl sites for hydroxylation is 1. The molecule has 0 aliphatic rings. The fraction of sp³-hybridized carbons (Fsp3) is 0.0909. The van der Waals surface area contributed by atoms with Gasteiger partial charge in [0.15, 0.2) is 11.3 Å². The van der Waals surface area contributed by atoms with Crippen LogP contribution in [0.5, 0.6) is 0 Å². The van der Waals surface area contributed by atoms with Crippen LogP contribution in [0.2, 0.25) is 5.02 Å². The normalized spacial score (nSPS) is 11.3. The maximum absolute atomic E-state index is 11.7. The Morgan fingerprint density at radius 2 is 1.94 bits per heavy atom. The number of hydrogen-bond acceptors (Lipinski definition) is 7. The van der Waals surface area contributed by atoms with Crippen molar-refractivity contribution < 1.29 is 9.34 Å². The molecule has 0 saturated carbocycles. The maximum atomic E-state index is 11.7. The number of nitro groups is 1. The number of furan rings is 1. The summed E-state index contributed by atoms with van der Waals surface area (Å²) in [5.41, 5.74) is 2.05. The van der Waals surface area contributed by atoms with Crippen LogP contribution in [0, 0.1) is 10.1 Å². The molecule has 3 aromatic heterocycles. The number of aromatic nitrogens is 4. The molecule has 5 rings (SSSR count). The van der Waals surface area contributed by atoms with E-state index in [1.165, 1.54) is 12.3 Å². The molecular weight excluding hydrogens is 418 g/mol.